The molecule has 0 aliphatic rings. The maximum Gasteiger partial charge on any atom is 0.230 e. The van der Waals surface area contributed by atoms with Gasteiger partial charge in [-0.15, -0.1) is 0 Å². The van der Waals surface area contributed by atoms with Crippen LogP contribution in [0.3, 0.4) is 0 Å². The predicted molar refractivity (Wildman–Crippen MR) is 218 cm³/mol. The van der Waals surface area contributed by atoms with Crippen LogP contribution in [0.25, 0.3) is 77.9 Å². The molecule has 2 aromatic heterocycles. The van der Waals surface area contributed by atoms with Gasteiger partial charge >= 0.3 is 0 Å². The molecule has 0 fully saturated rings. The number of oxazole rings is 1. The van der Waals surface area contributed by atoms with Gasteiger partial charge in [0, 0.05) is 22.1 Å². The summed E-state index contributed by atoms with van der Waals surface area (Å²) in [5.74, 6) is 0.534. The maximum absolute atomic E-state index is 6.63. The van der Waals surface area contributed by atoms with Crippen molar-refractivity contribution < 1.29 is 8.83 Å². The van der Waals surface area contributed by atoms with Crippen LogP contribution in [0.4, 0.5) is 17.1 Å². The first-order chi connectivity index (χ1) is 26.3. The van der Waals surface area contributed by atoms with Crippen LogP contribution in [0.15, 0.2) is 203 Å². The Bertz CT molecular complexity index is 2780. The standard InChI is InChI=1S/C49H32N2O2/c1-4-14-33(15-5-1)36-24-26-39(27-25-36)51(40-31-37(34-16-6-2-7-17-34)30-38(32-40)35-18-8-3-9-19-35)43-28-29-46-47(41-20-10-12-22-44(41)52-46)48(43)49-50-42-21-11-13-23-45(42)53-49/h1-32H. The molecule has 2 heterocycles. The number of hydrogen-bond acceptors (Lipinski definition) is 4. The van der Waals surface area contributed by atoms with Crippen LogP contribution in [-0.4, -0.2) is 4.98 Å². The largest absolute Gasteiger partial charge is 0.456 e. The Hall–Kier alpha value is -7.17. The molecule has 0 saturated carbocycles. The summed E-state index contributed by atoms with van der Waals surface area (Å²) in [6.45, 7) is 0. The fourth-order valence-electron chi connectivity index (χ4n) is 7.38. The summed E-state index contributed by atoms with van der Waals surface area (Å²) in [6.07, 6.45) is 0. The number of rotatable bonds is 7. The summed E-state index contributed by atoms with van der Waals surface area (Å²) in [5.41, 5.74) is 13.7. The van der Waals surface area contributed by atoms with Crippen LogP contribution in [0.5, 0.6) is 0 Å². The Morgan fingerprint density at radius 2 is 0.925 bits per heavy atom. The minimum Gasteiger partial charge on any atom is -0.456 e. The number of benzene rings is 8. The molecular weight excluding hydrogens is 649 g/mol. The third kappa shape index (κ3) is 5.54. The van der Waals surface area contributed by atoms with Crippen molar-refractivity contribution in [3.63, 3.8) is 0 Å². The summed E-state index contributed by atoms with van der Waals surface area (Å²) in [7, 11) is 0. The first-order valence-electron chi connectivity index (χ1n) is 17.8. The number of furan rings is 1. The summed E-state index contributed by atoms with van der Waals surface area (Å²) >= 11 is 0. The van der Waals surface area contributed by atoms with E-state index in [1.807, 2.05) is 42.5 Å². The van der Waals surface area contributed by atoms with E-state index in [9.17, 15) is 0 Å². The minimum absolute atomic E-state index is 0.534. The van der Waals surface area contributed by atoms with E-state index >= 15 is 0 Å². The minimum atomic E-state index is 0.534. The Balaban J connectivity index is 1.29. The van der Waals surface area contributed by atoms with Gasteiger partial charge in [0.2, 0.25) is 5.89 Å². The summed E-state index contributed by atoms with van der Waals surface area (Å²) in [5, 5.41) is 1.96. The molecular formula is C49H32N2O2. The zero-order valence-electron chi connectivity index (χ0n) is 28.7. The number of anilines is 3. The molecule has 0 atom stereocenters. The Kier molecular flexibility index (Phi) is 7.43. The average molecular weight is 681 g/mol. The lowest BCUT2D eigenvalue weighted by molar-refractivity contribution is 0.620. The SMILES string of the molecule is c1ccc(-c2ccc(N(c3cc(-c4ccccc4)cc(-c4ccccc4)c3)c3ccc4oc5ccccc5c4c3-c3nc4ccccc4o3)cc2)cc1. The zero-order valence-corrected chi connectivity index (χ0v) is 28.7. The lowest BCUT2D eigenvalue weighted by atomic mass is 9.96. The summed E-state index contributed by atoms with van der Waals surface area (Å²) in [6, 6.07) is 67.6. The highest BCUT2D eigenvalue weighted by Crippen LogP contribution is 2.48. The van der Waals surface area contributed by atoms with Gasteiger partial charge in [-0.25, -0.2) is 4.98 Å². The van der Waals surface area contributed by atoms with Crippen molar-refractivity contribution in [3.05, 3.63) is 194 Å². The molecule has 0 bridgehead atoms. The lowest BCUT2D eigenvalue weighted by Gasteiger charge is -2.29. The van der Waals surface area contributed by atoms with E-state index < -0.39 is 0 Å². The van der Waals surface area contributed by atoms with Crippen LogP contribution in [-0.2, 0) is 0 Å². The van der Waals surface area contributed by atoms with Gasteiger partial charge < -0.3 is 13.7 Å². The van der Waals surface area contributed by atoms with Crippen molar-refractivity contribution in [3.8, 4) is 44.8 Å². The van der Waals surface area contributed by atoms with E-state index in [-0.39, 0.29) is 0 Å². The second kappa shape index (κ2) is 12.9. The molecule has 8 aromatic carbocycles. The first-order valence-corrected chi connectivity index (χ1v) is 17.8. The fourth-order valence-corrected chi connectivity index (χ4v) is 7.38. The number of fused-ring (bicyclic) bond motifs is 4. The average Bonchev–Trinajstić information content (AvgIpc) is 3.84. The maximum atomic E-state index is 6.63. The fraction of sp³-hybridized carbons (Fsp3) is 0. The summed E-state index contributed by atoms with van der Waals surface area (Å²) in [4.78, 5) is 7.43. The smallest absolute Gasteiger partial charge is 0.230 e. The third-order valence-electron chi connectivity index (χ3n) is 9.89. The van der Waals surface area contributed by atoms with Crippen LogP contribution < -0.4 is 4.90 Å². The second-order valence-corrected chi connectivity index (χ2v) is 13.2. The van der Waals surface area contributed by atoms with Crippen LogP contribution in [0.1, 0.15) is 0 Å². The molecule has 0 amide bonds. The normalized spacial score (nSPS) is 11.4. The zero-order chi connectivity index (χ0) is 35.1. The highest BCUT2D eigenvalue weighted by atomic mass is 16.3. The van der Waals surface area contributed by atoms with Gasteiger partial charge in [0.15, 0.2) is 5.58 Å². The van der Waals surface area contributed by atoms with E-state index in [1.165, 1.54) is 5.56 Å². The van der Waals surface area contributed by atoms with Gasteiger partial charge in [-0.1, -0.05) is 133 Å². The quantitative estimate of drug-likeness (QED) is 0.168. The molecule has 0 saturated heterocycles. The van der Waals surface area contributed by atoms with Gasteiger partial charge in [-0.3, -0.25) is 0 Å². The van der Waals surface area contributed by atoms with Crippen molar-refractivity contribution >= 4 is 50.1 Å². The Morgan fingerprint density at radius 3 is 1.57 bits per heavy atom. The number of nitrogens with zero attached hydrogens (tertiary/aromatic N) is 2. The van der Waals surface area contributed by atoms with E-state index in [1.54, 1.807) is 0 Å². The van der Waals surface area contributed by atoms with Gasteiger partial charge in [-0.05, 0) is 94.0 Å². The molecule has 0 aliphatic carbocycles. The van der Waals surface area contributed by atoms with Crippen molar-refractivity contribution in [2.45, 2.75) is 0 Å². The van der Waals surface area contributed by atoms with Crippen molar-refractivity contribution in [2.75, 3.05) is 4.90 Å². The summed E-state index contributed by atoms with van der Waals surface area (Å²) < 4.78 is 13.1. The van der Waals surface area contributed by atoms with Gasteiger partial charge in [0.25, 0.3) is 0 Å². The molecule has 53 heavy (non-hydrogen) atoms. The van der Waals surface area contributed by atoms with Crippen molar-refractivity contribution in [2.24, 2.45) is 0 Å². The van der Waals surface area contributed by atoms with Crippen molar-refractivity contribution in [1.29, 1.82) is 0 Å². The molecule has 10 aromatic rings. The van der Waals surface area contributed by atoms with E-state index in [4.69, 9.17) is 13.8 Å². The molecule has 0 spiro atoms. The molecule has 250 valence electrons. The molecule has 0 unspecified atom stereocenters. The Labute approximate surface area is 306 Å². The monoisotopic (exact) mass is 680 g/mol. The highest BCUT2D eigenvalue weighted by Gasteiger charge is 2.26. The molecule has 0 N–H and O–H groups in total. The molecule has 4 nitrogen and oxygen atoms in total. The predicted octanol–water partition coefficient (Wildman–Crippen LogP) is 13.9. The molecule has 10 rings (SSSR count). The lowest BCUT2D eigenvalue weighted by Crippen LogP contribution is -2.12. The van der Waals surface area contributed by atoms with Crippen LogP contribution in [0, 0.1) is 0 Å². The number of hydrogen-bond donors (Lipinski definition) is 0. The topological polar surface area (TPSA) is 42.4 Å². The van der Waals surface area contributed by atoms with E-state index in [0.717, 1.165) is 83.5 Å². The van der Waals surface area contributed by atoms with Gasteiger partial charge in [-0.2, -0.15) is 0 Å². The van der Waals surface area contributed by atoms with Crippen LogP contribution in [0.2, 0.25) is 0 Å². The molecule has 0 aliphatic heterocycles. The highest BCUT2D eigenvalue weighted by molar-refractivity contribution is 6.15. The number of para-hydroxylation sites is 3. The Morgan fingerprint density at radius 1 is 0.377 bits per heavy atom. The van der Waals surface area contributed by atoms with Gasteiger partial charge in [0.1, 0.15) is 16.7 Å². The molecule has 4 heteroatoms. The van der Waals surface area contributed by atoms with Gasteiger partial charge in [0.05, 0.1) is 11.3 Å². The van der Waals surface area contributed by atoms with Crippen molar-refractivity contribution in [1.82, 2.24) is 4.98 Å². The third-order valence-corrected chi connectivity index (χ3v) is 9.89. The van der Waals surface area contributed by atoms with Crippen LogP contribution >= 0.6 is 0 Å². The number of aromatic nitrogens is 1. The van der Waals surface area contributed by atoms with E-state index in [2.05, 4.69) is 157 Å². The molecule has 0 radical (unpaired) electrons. The van der Waals surface area contributed by atoms with E-state index in [0.29, 0.717) is 5.89 Å². The first kappa shape index (κ1) is 30.6. The second-order valence-electron chi connectivity index (χ2n) is 13.2.